The molecule has 2 rings (SSSR count). The second-order valence-electron chi connectivity index (χ2n) is 4.76. The van der Waals surface area contributed by atoms with E-state index in [2.05, 4.69) is 5.32 Å². The molecule has 0 radical (unpaired) electrons. The lowest BCUT2D eigenvalue weighted by atomic mass is 10.1. The van der Waals surface area contributed by atoms with E-state index in [1.54, 1.807) is 30.3 Å². The molecule has 1 unspecified atom stereocenters. The summed E-state index contributed by atoms with van der Waals surface area (Å²) in [7, 11) is -3.75. The number of piperazine rings is 1. The van der Waals surface area contributed by atoms with Gasteiger partial charge >= 0.3 is 5.97 Å². The maximum atomic E-state index is 12.4. The number of hydrogen-bond donors (Lipinski definition) is 2. The van der Waals surface area contributed by atoms with Crippen molar-refractivity contribution in [3.8, 4) is 0 Å². The molecule has 0 aliphatic carbocycles. The van der Waals surface area contributed by atoms with Crippen LogP contribution in [-0.4, -0.2) is 48.8 Å². The molecular weight excluding hydrogens is 296 g/mol. The van der Waals surface area contributed by atoms with Crippen molar-refractivity contribution >= 4 is 21.9 Å². The normalized spacial score (nSPS) is 20.0. The minimum absolute atomic E-state index is 0.0822. The van der Waals surface area contributed by atoms with E-state index in [0.29, 0.717) is 5.56 Å². The molecule has 0 bridgehead atoms. The number of aliphatic carboxylic acids is 1. The Balaban J connectivity index is 2.23. The van der Waals surface area contributed by atoms with Gasteiger partial charge < -0.3 is 10.4 Å². The van der Waals surface area contributed by atoms with E-state index >= 15 is 0 Å². The monoisotopic (exact) mass is 312 g/mol. The SMILES string of the molecule is O=C(O)CC1C(=O)NCCN1S(=O)(=O)Cc1ccccc1. The minimum Gasteiger partial charge on any atom is -0.481 e. The number of carboxylic acid groups (broad SMARTS) is 1. The number of amides is 1. The van der Waals surface area contributed by atoms with Crippen molar-refractivity contribution in [1.29, 1.82) is 0 Å². The molecule has 1 amide bonds. The zero-order chi connectivity index (χ0) is 15.5. The Morgan fingerprint density at radius 3 is 2.62 bits per heavy atom. The number of rotatable bonds is 5. The fourth-order valence-corrected chi connectivity index (χ4v) is 3.96. The maximum Gasteiger partial charge on any atom is 0.305 e. The highest BCUT2D eigenvalue weighted by Gasteiger charge is 2.38. The van der Waals surface area contributed by atoms with Gasteiger partial charge in [-0.05, 0) is 5.56 Å². The predicted molar refractivity (Wildman–Crippen MR) is 74.8 cm³/mol. The second-order valence-corrected chi connectivity index (χ2v) is 6.68. The van der Waals surface area contributed by atoms with E-state index in [4.69, 9.17) is 5.11 Å². The molecule has 1 aromatic rings. The van der Waals surface area contributed by atoms with Crippen molar-refractivity contribution in [2.45, 2.75) is 18.2 Å². The van der Waals surface area contributed by atoms with Gasteiger partial charge in [0.1, 0.15) is 6.04 Å². The van der Waals surface area contributed by atoms with Crippen molar-refractivity contribution in [3.05, 3.63) is 35.9 Å². The second kappa shape index (κ2) is 6.23. The van der Waals surface area contributed by atoms with Gasteiger partial charge in [0.15, 0.2) is 0 Å². The van der Waals surface area contributed by atoms with Crippen molar-refractivity contribution in [1.82, 2.24) is 9.62 Å². The van der Waals surface area contributed by atoms with Gasteiger partial charge in [0, 0.05) is 13.1 Å². The standard InChI is InChI=1S/C13H16N2O5S/c16-12(17)8-11-13(18)14-6-7-15(11)21(19,20)9-10-4-2-1-3-5-10/h1-5,11H,6-9H2,(H,14,18)(H,16,17). The Bertz CT molecular complexity index is 629. The lowest BCUT2D eigenvalue weighted by Gasteiger charge is -2.33. The zero-order valence-electron chi connectivity index (χ0n) is 11.2. The summed E-state index contributed by atoms with van der Waals surface area (Å²) in [5.41, 5.74) is 0.595. The van der Waals surface area contributed by atoms with Gasteiger partial charge in [-0.15, -0.1) is 0 Å². The van der Waals surface area contributed by atoms with Crippen LogP contribution in [0.15, 0.2) is 30.3 Å². The summed E-state index contributed by atoms with van der Waals surface area (Å²) in [4.78, 5) is 22.6. The first kappa shape index (κ1) is 15.5. The van der Waals surface area contributed by atoms with Crippen molar-refractivity contribution in [2.75, 3.05) is 13.1 Å². The van der Waals surface area contributed by atoms with Gasteiger partial charge in [-0.3, -0.25) is 9.59 Å². The maximum absolute atomic E-state index is 12.4. The average molecular weight is 312 g/mol. The summed E-state index contributed by atoms with van der Waals surface area (Å²) >= 11 is 0. The molecule has 21 heavy (non-hydrogen) atoms. The highest BCUT2D eigenvalue weighted by atomic mass is 32.2. The smallest absolute Gasteiger partial charge is 0.305 e. The van der Waals surface area contributed by atoms with Crippen molar-refractivity contribution in [2.24, 2.45) is 0 Å². The van der Waals surface area contributed by atoms with Gasteiger partial charge in [-0.2, -0.15) is 4.31 Å². The predicted octanol–water partition coefficient (Wildman–Crippen LogP) is -0.208. The molecule has 114 valence electrons. The number of carbonyl (C=O) groups excluding carboxylic acids is 1. The molecule has 1 aliphatic rings. The van der Waals surface area contributed by atoms with Crippen LogP contribution in [0.25, 0.3) is 0 Å². The van der Waals surface area contributed by atoms with Crippen LogP contribution in [0.1, 0.15) is 12.0 Å². The zero-order valence-corrected chi connectivity index (χ0v) is 12.0. The van der Waals surface area contributed by atoms with Gasteiger partial charge in [-0.25, -0.2) is 8.42 Å². The highest BCUT2D eigenvalue weighted by molar-refractivity contribution is 7.88. The highest BCUT2D eigenvalue weighted by Crippen LogP contribution is 2.18. The first-order valence-corrected chi connectivity index (χ1v) is 8.04. The Morgan fingerprint density at radius 1 is 1.33 bits per heavy atom. The molecule has 1 heterocycles. The number of carboxylic acids is 1. The number of benzene rings is 1. The van der Waals surface area contributed by atoms with E-state index in [-0.39, 0.29) is 18.8 Å². The summed E-state index contributed by atoms with van der Waals surface area (Å²) in [6.45, 7) is 0.266. The van der Waals surface area contributed by atoms with Crippen LogP contribution >= 0.6 is 0 Å². The summed E-state index contributed by atoms with van der Waals surface area (Å²) in [5, 5.41) is 11.4. The third kappa shape index (κ3) is 3.79. The average Bonchev–Trinajstić information content (AvgIpc) is 2.41. The van der Waals surface area contributed by atoms with Crippen LogP contribution < -0.4 is 5.32 Å². The van der Waals surface area contributed by atoms with E-state index in [1.807, 2.05) is 0 Å². The van der Waals surface area contributed by atoms with Gasteiger partial charge in [0.2, 0.25) is 15.9 Å². The van der Waals surface area contributed by atoms with Gasteiger partial charge in [-0.1, -0.05) is 30.3 Å². The fraction of sp³-hybridized carbons (Fsp3) is 0.385. The molecule has 7 nitrogen and oxygen atoms in total. The van der Waals surface area contributed by atoms with Crippen LogP contribution in [0.3, 0.4) is 0 Å². The number of hydrogen-bond acceptors (Lipinski definition) is 4. The van der Waals surface area contributed by atoms with Crippen molar-refractivity contribution in [3.63, 3.8) is 0 Å². The first-order chi connectivity index (χ1) is 9.90. The molecule has 0 saturated carbocycles. The molecule has 0 spiro atoms. The fourth-order valence-electron chi connectivity index (χ4n) is 2.25. The van der Waals surface area contributed by atoms with E-state index < -0.39 is 34.4 Å². The van der Waals surface area contributed by atoms with Crippen LogP contribution in [0.2, 0.25) is 0 Å². The molecule has 1 atom stereocenters. The summed E-state index contributed by atoms with van der Waals surface area (Å²) in [6, 6.07) is 7.38. The van der Waals surface area contributed by atoms with Crippen LogP contribution in [0.4, 0.5) is 0 Å². The number of nitrogens with one attached hydrogen (secondary N) is 1. The number of sulfonamides is 1. The molecular formula is C13H16N2O5S. The van der Waals surface area contributed by atoms with Gasteiger partial charge in [0.25, 0.3) is 0 Å². The molecule has 8 heteroatoms. The molecule has 1 saturated heterocycles. The number of nitrogens with zero attached hydrogens (tertiary/aromatic N) is 1. The first-order valence-electron chi connectivity index (χ1n) is 6.43. The number of carbonyl (C=O) groups is 2. The van der Waals surface area contributed by atoms with E-state index in [1.165, 1.54) is 0 Å². The largest absolute Gasteiger partial charge is 0.481 e. The summed E-state index contributed by atoms with van der Waals surface area (Å²) in [6.07, 6.45) is -0.542. The third-order valence-electron chi connectivity index (χ3n) is 3.20. The van der Waals surface area contributed by atoms with Crippen molar-refractivity contribution < 1.29 is 23.1 Å². The Labute approximate surface area is 122 Å². The molecule has 1 aliphatic heterocycles. The molecule has 1 fully saturated rings. The summed E-state index contributed by atoms with van der Waals surface area (Å²) in [5.74, 6) is -2.03. The Hall–Kier alpha value is -1.93. The van der Waals surface area contributed by atoms with Crippen LogP contribution in [0.5, 0.6) is 0 Å². The van der Waals surface area contributed by atoms with E-state index in [9.17, 15) is 18.0 Å². The van der Waals surface area contributed by atoms with Crippen LogP contribution in [0, 0.1) is 0 Å². The lowest BCUT2D eigenvalue weighted by molar-refractivity contribution is -0.141. The minimum atomic E-state index is -3.75. The molecule has 0 aromatic heterocycles. The Morgan fingerprint density at radius 2 is 2.00 bits per heavy atom. The van der Waals surface area contributed by atoms with E-state index in [0.717, 1.165) is 4.31 Å². The third-order valence-corrected chi connectivity index (χ3v) is 5.05. The summed E-state index contributed by atoms with van der Waals surface area (Å²) < 4.78 is 25.9. The van der Waals surface area contributed by atoms with Gasteiger partial charge in [0.05, 0.1) is 12.2 Å². The Kier molecular flexibility index (Phi) is 4.59. The van der Waals surface area contributed by atoms with Crippen LogP contribution in [-0.2, 0) is 25.4 Å². The quantitative estimate of drug-likeness (QED) is 0.783. The lowest BCUT2D eigenvalue weighted by Crippen LogP contribution is -2.57. The topological polar surface area (TPSA) is 104 Å². The molecule has 1 aromatic carbocycles. The molecule has 2 N–H and O–H groups in total.